The van der Waals surface area contributed by atoms with Gasteiger partial charge in [-0.05, 0) is 60.1 Å². The van der Waals surface area contributed by atoms with Crippen molar-refractivity contribution in [2.75, 3.05) is 0 Å². The lowest BCUT2D eigenvalue weighted by molar-refractivity contribution is 0.306. The van der Waals surface area contributed by atoms with E-state index in [1.54, 1.807) is 0 Å². The summed E-state index contributed by atoms with van der Waals surface area (Å²) >= 11 is 0. The molecule has 0 radical (unpaired) electrons. The van der Waals surface area contributed by atoms with Crippen LogP contribution in [0.25, 0.3) is 11.1 Å². The van der Waals surface area contributed by atoms with Crippen LogP contribution in [0.5, 0.6) is 5.75 Å². The second-order valence-corrected chi connectivity index (χ2v) is 7.94. The molecule has 0 heterocycles. The molecule has 0 spiro atoms. The molecule has 0 amide bonds. The van der Waals surface area contributed by atoms with Gasteiger partial charge in [-0.2, -0.15) is 0 Å². The second-order valence-electron chi connectivity index (χ2n) is 7.94. The number of hydrogen-bond acceptors (Lipinski definition) is 2. The molecule has 2 nitrogen and oxygen atoms in total. The van der Waals surface area contributed by atoms with E-state index in [9.17, 15) is 0 Å². The quantitative estimate of drug-likeness (QED) is 0.462. The molecule has 3 aromatic rings. The first kappa shape index (κ1) is 19.7. The lowest BCUT2D eigenvalue weighted by Crippen LogP contribution is -2.12. The third-order valence-electron chi connectivity index (χ3n) is 5.55. The van der Waals surface area contributed by atoms with Crippen molar-refractivity contribution in [1.82, 2.24) is 0 Å². The van der Waals surface area contributed by atoms with E-state index in [1.807, 2.05) is 54.6 Å². The molecular weight excluding hydrogens is 361 g/mol. The van der Waals surface area contributed by atoms with Crippen LogP contribution >= 0.6 is 0 Å². The van der Waals surface area contributed by atoms with Gasteiger partial charge < -0.3 is 10.5 Å². The van der Waals surface area contributed by atoms with Crippen LogP contribution in [-0.4, -0.2) is 0 Å². The van der Waals surface area contributed by atoms with Crippen LogP contribution in [0, 0.1) is 5.82 Å². The number of hydrogen-bond donors (Lipinski definition) is 1. The third-order valence-corrected chi connectivity index (χ3v) is 5.55. The normalized spacial score (nSPS) is 14.6. The smallest absolute Gasteiger partial charge is 0.135 e. The zero-order chi connectivity index (χ0) is 20.2. The number of nitrogens with two attached hydrogens (primary N) is 1. The molecule has 4 rings (SSSR count). The van der Waals surface area contributed by atoms with Gasteiger partial charge in [0.2, 0.25) is 0 Å². The summed E-state index contributed by atoms with van der Waals surface area (Å²) in [5.41, 5.74) is 10.7. The molecular formula is C26H28FNO. The first-order valence-corrected chi connectivity index (χ1v) is 10.5. The molecule has 1 aliphatic carbocycles. The van der Waals surface area contributed by atoms with Crippen LogP contribution in [0.1, 0.15) is 61.3 Å². The van der Waals surface area contributed by atoms with Crippen LogP contribution in [-0.2, 0) is 6.61 Å². The highest BCUT2D eigenvalue weighted by molar-refractivity contribution is 5.67. The van der Waals surface area contributed by atoms with Crippen molar-refractivity contribution in [3.05, 3.63) is 89.2 Å². The molecule has 29 heavy (non-hydrogen) atoms. The fourth-order valence-corrected chi connectivity index (χ4v) is 3.82. The summed E-state index contributed by atoms with van der Waals surface area (Å²) in [6.45, 7) is 2.54. The highest BCUT2D eigenvalue weighted by Crippen LogP contribution is 2.42. The van der Waals surface area contributed by atoms with E-state index in [0.29, 0.717) is 23.7 Å². The van der Waals surface area contributed by atoms with Gasteiger partial charge in [-0.25, -0.2) is 4.39 Å². The zero-order valence-corrected chi connectivity index (χ0v) is 16.9. The van der Waals surface area contributed by atoms with Crippen LogP contribution in [0.3, 0.4) is 0 Å². The summed E-state index contributed by atoms with van der Waals surface area (Å²) in [6.07, 6.45) is 4.11. The minimum atomic E-state index is -0.271. The third kappa shape index (κ3) is 4.68. The Morgan fingerprint density at radius 3 is 2.55 bits per heavy atom. The molecule has 1 atom stereocenters. The summed E-state index contributed by atoms with van der Waals surface area (Å²) in [5.74, 6) is 1.22. The average molecular weight is 390 g/mol. The molecule has 0 bridgehead atoms. The summed E-state index contributed by atoms with van der Waals surface area (Å²) in [5, 5.41) is 0. The van der Waals surface area contributed by atoms with Crippen LogP contribution < -0.4 is 10.5 Å². The minimum Gasteiger partial charge on any atom is -0.489 e. The lowest BCUT2D eigenvalue weighted by atomic mass is 9.94. The topological polar surface area (TPSA) is 35.2 Å². The number of ether oxygens (including phenoxy) is 1. The maximum Gasteiger partial charge on any atom is 0.135 e. The number of para-hydroxylation sites is 1. The SMILES string of the molecule is CCCC(N)c1cccc(-c2cc(COc3ccccc3)cc(C3CC3)c2)c1F. The summed E-state index contributed by atoms with van der Waals surface area (Å²) in [4.78, 5) is 0. The molecule has 2 N–H and O–H groups in total. The van der Waals surface area contributed by atoms with Crippen LogP contribution in [0.15, 0.2) is 66.7 Å². The predicted molar refractivity (Wildman–Crippen MR) is 116 cm³/mol. The van der Waals surface area contributed by atoms with Crippen molar-refractivity contribution >= 4 is 0 Å². The zero-order valence-electron chi connectivity index (χ0n) is 16.9. The van der Waals surface area contributed by atoms with Crippen molar-refractivity contribution in [3.8, 4) is 16.9 Å². The van der Waals surface area contributed by atoms with Crippen molar-refractivity contribution in [2.24, 2.45) is 5.73 Å². The maximum absolute atomic E-state index is 15.4. The van der Waals surface area contributed by atoms with E-state index in [-0.39, 0.29) is 11.9 Å². The molecule has 0 saturated heterocycles. The van der Waals surface area contributed by atoms with Gasteiger partial charge in [0.05, 0.1) is 0 Å². The van der Waals surface area contributed by atoms with Gasteiger partial charge in [0.15, 0.2) is 0 Å². The minimum absolute atomic E-state index is 0.198. The van der Waals surface area contributed by atoms with Crippen molar-refractivity contribution in [3.63, 3.8) is 0 Å². The van der Waals surface area contributed by atoms with E-state index in [0.717, 1.165) is 29.7 Å². The highest BCUT2D eigenvalue weighted by Gasteiger charge is 2.25. The van der Waals surface area contributed by atoms with E-state index >= 15 is 4.39 Å². The summed E-state index contributed by atoms with van der Waals surface area (Å²) in [6, 6.07) is 21.5. The highest BCUT2D eigenvalue weighted by atomic mass is 19.1. The van der Waals surface area contributed by atoms with Crippen molar-refractivity contribution in [1.29, 1.82) is 0 Å². The lowest BCUT2D eigenvalue weighted by Gasteiger charge is -2.16. The molecule has 0 aromatic heterocycles. The van der Waals surface area contributed by atoms with E-state index in [4.69, 9.17) is 10.5 Å². The van der Waals surface area contributed by atoms with Crippen molar-refractivity contribution in [2.45, 2.75) is 51.2 Å². The molecule has 1 aliphatic rings. The van der Waals surface area contributed by atoms with Gasteiger partial charge in [-0.15, -0.1) is 0 Å². The Labute approximate surface area is 172 Å². The van der Waals surface area contributed by atoms with Crippen LogP contribution in [0.2, 0.25) is 0 Å². The van der Waals surface area contributed by atoms with Gasteiger partial charge in [0.25, 0.3) is 0 Å². The Morgan fingerprint density at radius 1 is 1.03 bits per heavy atom. The van der Waals surface area contributed by atoms with Gasteiger partial charge in [0.1, 0.15) is 18.2 Å². The average Bonchev–Trinajstić information content (AvgIpc) is 3.59. The number of benzene rings is 3. The molecule has 150 valence electrons. The molecule has 3 aromatic carbocycles. The van der Waals surface area contributed by atoms with Gasteiger partial charge in [-0.3, -0.25) is 0 Å². The Balaban J connectivity index is 1.66. The molecule has 3 heteroatoms. The monoisotopic (exact) mass is 389 g/mol. The van der Waals surface area contributed by atoms with E-state index in [1.165, 1.54) is 18.4 Å². The molecule has 1 unspecified atom stereocenters. The summed E-state index contributed by atoms with van der Waals surface area (Å²) < 4.78 is 21.3. The first-order chi connectivity index (χ1) is 14.2. The fourth-order valence-electron chi connectivity index (χ4n) is 3.82. The molecule has 1 saturated carbocycles. The first-order valence-electron chi connectivity index (χ1n) is 10.5. The summed E-state index contributed by atoms with van der Waals surface area (Å²) in [7, 11) is 0. The Hall–Kier alpha value is -2.65. The fraction of sp³-hybridized carbons (Fsp3) is 0.308. The Morgan fingerprint density at radius 2 is 1.83 bits per heavy atom. The Bertz CT molecular complexity index is 966. The molecule has 1 fully saturated rings. The maximum atomic E-state index is 15.4. The second kappa shape index (κ2) is 8.79. The van der Waals surface area contributed by atoms with Crippen molar-refractivity contribution < 1.29 is 9.13 Å². The van der Waals surface area contributed by atoms with Crippen LogP contribution in [0.4, 0.5) is 4.39 Å². The van der Waals surface area contributed by atoms with Gasteiger partial charge in [-0.1, -0.05) is 61.9 Å². The predicted octanol–water partition coefficient (Wildman–Crippen LogP) is 6.75. The molecule has 0 aliphatic heterocycles. The van der Waals surface area contributed by atoms with E-state index < -0.39 is 0 Å². The number of halogens is 1. The largest absolute Gasteiger partial charge is 0.489 e. The van der Waals surface area contributed by atoms with Gasteiger partial charge in [0, 0.05) is 17.2 Å². The number of rotatable bonds is 8. The standard InChI is InChI=1S/C26H28FNO/c1-2-7-25(28)24-11-6-10-23(26(24)27)21-15-18(14-20(16-21)19-12-13-19)17-29-22-8-4-3-5-9-22/h3-6,8-11,14-16,19,25H,2,7,12-13,17,28H2,1H3. The van der Waals surface area contributed by atoms with E-state index in [2.05, 4.69) is 19.1 Å². The van der Waals surface area contributed by atoms with Gasteiger partial charge >= 0.3 is 0 Å². The Kier molecular flexibility index (Phi) is 5.96.